The van der Waals surface area contributed by atoms with E-state index in [1.807, 2.05) is 0 Å². The molecule has 0 aliphatic heterocycles. The predicted molar refractivity (Wildman–Crippen MR) is 68.8 cm³/mol. The molecule has 0 atom stereocenters. The van der Waals surface area contributed by atoms with Crippen LogP contribution >= 0.6 is 0 Å². The van der Waals surface area contributed by atoms with Crippen LogP contribution in [0.1, 0.15) is 19.4 Å². The summed E-state index contributed by atoms with van der Waals surface area (Å²) in [6.45, 7) is 4.64. The molecule has 0 spiro atoms. The summed E-state index contributed by atoms with van der Waals surface area (Å²) in [5.74, 6) is -2.77. The first-order valence-corrected chi connectivity index (χ1v) is 6.21. The summed E-state index contributed by atoms with van der Waals surface area (Å²) >= 11 is 0. The molecule has 0 N–H and O–H groups in total. The van der Waals surface area contributed by atoms with Gasteiger partial charge in [0.2, 0.25) is 0 Å². The molecule has 0 aliphatic rings. The highest BCUT2D eigenvalue weighted by Crippen LogP contribution is 2.31. The van der Waals surface area contributed by atoms with Crippen molar-refractivity contribution in [2.24, 2.45) is 0 Å². The highest BCUT2D eigenvalue weighted by molar-refractivity contribution is 5.82. The van der Waals surface area contributed by atoms with Crippen LogP contribution in [-0.2, 0) is 9.53 Å². The normalized spacial score (nSPS) is 12.0. The van der Waals surface area contributed by atoms with Crippen molar-refractivity contribution in [1.82, 2.24) is 0 Å². The van der Waals surface area contributed by atoms with Crippen molar-refractivity contribution in [3.8, 4) is 11.5 Å². The summed E-state index contributed by atoms with van der Waals surface area (Å²) in [5, 5.41) is 0. The molecule has 0 saturated heterocycles. The molecular weight excluding hydrogens is 308 g/mol. The van der Waals surface area contributed by atoms with Crippen LogP contribution in [0.4, 0.5) is 17.6 Å². The lowest BCUT2D eigenvalue weighted by molar-refractivity contribution is -0.275. The van der Waals surface area contributed by atoms with Crippen molar-refractivity contribution in [2.75, 3.05) is 6.61 Å². The average Bonchev–Trinajstić information content (AvgIpc) is 2.33. The number of benzene rings is 1. The van der Waals surface area contributed by atoms with E-state index in [4.69, 9.17) is 4.74 Å². The van der Waals surface area contributed by atoms with Crippen molar-refractivity contribution >= 4 is 5.97 Å². The molecule has 0 aliphatic carbocycles. The van der Waals surface area contributed by atoms with E-state index in [9.17, 15) is 22.4 Å². The lowest BCUT2D eigenvalue weighted by Gasteiger charge is -2.13. The summed E-state index contributed by atoms with van der Waals surface area (Å²) in [7, 11) is 0. The summed E-state index contributed by atoms with van der Waals surface area (Å²) in [5.41, 5.74) is 0.206. The van der Waals surface area contributed by atoms with Crippen molar-refractivity contribution in [3.63, 3.8) is 0 Å². The highest BCUT2D eigenvalue weighted by atomic mass is 19.4. The number of alkyl halides is 3. The van der Waals surface area contributed by atoms with Gasteiger partial charge < -0.3 is 14.2 Å². The molecule has 0 bridgehead atoms. The molecule has 0 aromatic heterocycles. The highest BCUT2D eigenvalue weighted by Gasteiger charge is 2.32. The van der Waals surface area contributed by atoms with E-state index in [1.165, 1.54) is 13.8 Å². The third kappa shape index (κ3) is 5.63. The van der Waals surface area contributed by atoms with E-state index >= 15 is 0 Å². The zero-order valence-corrected chi connectivity index (χ0v) is 12.1. The first kappa shape index (κ1) is 17.8. The van der Waals surface area contributed by atoms with E-state index < -0.39 is 23.9 Å². The van der Waals surface area contributed by atoms with Crippen LogP contribution in [0.5, 0.6) is 11.5 Å². The van der Waals surface area contributed by atoms with Gasteiger partial charge in [0, 0.05) is 6.07 Å². The third-order valence-corrected chi connectivity index (χ3v) is 2.33. The van der Waals surface area contributed by atoms with E-state index in [-0.39, 0.29) is 23.7 Å². The smallest absolute Gasteiger partial charge is 0.463 e. The molecule has 0 unspecified atom stereocenters. The van der Waals surface area contributed by atoms with Gasteiger partial charge in [-0.25, -0.2) is 9.18 Å². The molecular formula is C14H14F4O4. The number of aryl methyl sites for hydroxylation is 1. The van der Waals surface area contributed by atoms with Gasteiger partial charge in [0.25, 0.3) is 0 Å². The molecule has 0 saturated carbocycles. The second-order valence-corrected chi connectivity index (χ2v) is 4.21. The monoisotopic (exact) mass is 322 g/mol. The van der Waals surface area contributed by atoms with Crippen LogP contribution in [0.25, 0.3) is 0 Å². The number of rotatable bonds is 5. The maximum Gasteiger partial charge on any atom is 0.573 e. The van der Waals surface area contributed by atoms with E-state index in [1.54, 1.807) is 6.92 Å². The van der Waals surface area contributed by atoms with Gasteiger partial charge in [-0.3, -0.25) is 0 Å². The van der Waals surface area contributed by atoms with Gasteiger partial charge in [0.05, 0.1) is 12.7 Å². The second-order valence-electron chi connectivity index (χ2n) is 4.21. The first-order chi connectivity index (χ1) is 10.1. The molecule has 0 amide bonds. The van der Waals surface area contributed by atoms with Gasteiger partial charge in [-0.1, -0.05) is 0 Å². The number of carbonyl (C=O) groups excluding carboxylic acids is 1. The molecule has 4 nitrogen and oxygen atoms in total. The Morgan fingerprint density at radius 1 is 1.27 bits per heavy atom. The Kier molecular flexibility index (Phi) is 5.78. The topological polar surface area (TPSA) is 44.8 Å². The summed E-state index contributed by atoms with van der Waals surface area (Å²) in [6, 6.07) is 1.61. The largest absolute Gasteiger partial charge is 0.573 e. The molecule has 22 heavy (non-hydrogen) atoms. The van der Waals surface area contributed by atoms with E-state index in [0.29, 0.717) is 0 Å². The number of hydrogen-bond donors (Lipinski definition) is 0. The average molecular weight is 322 g/mol. The molecule has 0 heterocycles. The Balaban J connectivity index is 2.94. The minimum absolute atomic E-state index is 0.0370. The maximum absolute atomic E-state index is 13.6. The van der Waals surface area contributed by atoms with Crippen molar-refractivity contribution in [1.29, 1.82) is 0 Å². The summed E-state index contributed by atoms with van der Waals surface area (Å²) in [4.78, 5) is 11.2. The standard InChI is InChI=1S/C14H14F4O4/c1-4-20-13(19)6-9(3)21-11-7-10(15)12(5-8(11)2)22-14(16,17)18/h5-7H,4H2,1-3H3/b9-6+. The minimum Gasteiger partial charge on any atom is -0.463 e. The van der Waals surface area contributed by atoms with Crippen LogP contribution in [0, 0.1) is 12.7 Å². The number of carbonyl (C=O) groups is 1. The quantitative estimate of drug-likeness (QED) is 0.357. The van der Waals surface area contributed by atoms with Gasteiger partial charge in [0.1, 0.15) is 11.5 Å². The fraction of sp³-hybridized carbons (Fsp3) is 0.357. The molecule has 122 valence electrons. The van der Waals surface area contributed by atoms with Gasteiger partial charge in [0.15, 0.2) is 11.6 Å². The van der Waals surface area contributed by atoms with Crippen LogP contribution in [0.15, 0.2) is 24.0 Å². The van der Waals surface area contributed by atoms with Gasteiger partial charge in [-0.05, 0) is 32.4 Å². The van der Waals surface area contributed by atoms with Gasteiger partial charge in [-0.2, -0.15) is 0 Å². The maximum atomic E-state index is 13.6. The predicted octanol–water partition coefficient (Wildman–Crippen LogP) is 3.88. The van der Waals surface area contributed by atoms with Crippen LogP contribution in [0.2, 0.25) is 0 Å². The Hall–Kier alpha value is -2.25. The molecule has 1 aromatic rings. The fourth-order valence-electron chi connectivity index (χ4n) is 1.50. The Bertz CT molecular complexity index is 579. The molecule has 0 fully saturated rings. The third-order valence-electron chi connectivity index (χ3n) is 2.33. The Morgan fingerprint density at radius 3 is 2.45 bits per heavy atom. The summed E-state index contributed by atoms with van der Waals surface area (Å²) in [6.07, 6.45) is -3.95. The van der Waals surface area contributed by atoms with E-state index in [0.717, 1.165) is 18.2 Å². The molecule has 1 rings (SSSR count). The zero-order valence-electron chi connectivity index (χ0n) is 12.1. The van der Waals surface area contributed by atoms with Gasteiger partial charge >= 0.3 is 12.3 Å². The molecule has 0 radical (unpaired) electrons. The van der Waals surface area contributed by atoms with Crippen molar-refractivity contribution < 1.29 is 36.6 Å². The SMILES string of the molecule is CCOC(=O)/C=C(\C)Oc1cc(F)c(OC(F)(F)F)cc1C. The number of ether oxygens (including phenoxy) is 3. The fourth-order valence-corrected chi connectivity index (χ4v) is 1.50. The van der Waals surface area contributed by atoms with Crippen molar-refractivity contribution in [2.45, 2.75) is 27.1 Å². The Labute approximate surface area is 124 Å². The van der Waals surface area contributed by atoms with E-state index in [2.05, 4.69) is 9.47 Å². The molecule has 1 aromatic carbocycles. The van der Waals surface area contributed by atoms with Gasteiger partial charge in [-0.15, -0.1) is 13.2 Å². The number of allylic oxidation sites excluding steroid dienone is 1. The van der Waals surface area contributed by atoms with Crippen molar-refractivity contribution in [3.05, 3.63) is 35.3 Å². The first-order valence-electron chi connectivity index (χ1n) is 6.21. The zero-order chi connectivity index (χ0) is 16.9. The second kappa shape index (κ2) is 7.15. The van der Waals surface area contributed by atoms with Crippen LogP contribution < -0.4 is 9.47 Å². The lowest BCUT2D eigenvalue weighted by Crippen LogP contribution is -2.18. The number of hydrogen-bond acceptors (Lipinski definition) is 4. The Morgan fingerprint density at radius 2 is 1.91 bits per heavy atom. The summed E-state index contributed by atoms with van der Waals surface area (Å²) < 4.78 is 63.3. The molecule has 8 heteroatoms. The number of halogens is 4. The van der Waals surface area contributed by atoms with Crippen LogP contribution in [0.3, 0.4) is 0 Å². The lowest BCUT2D eigenvalue weighted by atomic mass is 10.2. The number of esters is 1. The van der Waals surface area contributed by atoms with Crippen LogP contribution in [-0.4, -0.2) is 18.9 Å². The minimum atomic E-state index is -4.99.